The standard InChI is InChI=1S/C21H26N2O4/c1-4-17-12-13-23(19(17)14-16-10-8-7-9-11-16)22-15-18(20(24)26-5-2)21(25)27-6-3/h7-13,15,18H,4-6,14H2,1-3H3. The van der Waals surface area contributed by atoms with Gasteiger partial charge in [0.15, 0.2) is 5.92 Å². The molecule has 1 aromatic heterocycles. The molecular formula is C21H26N2O4. The van der Waals surface area contributed by atoms with E-state index < -0.39 is 17.9 Å². The first-order chi connectivity index (χ1) is 13.1. The molecular weight excluding hydrogens is 344 g/mol. The van der Waals surface area contributed by atoms with Crippen molar-refractivity contribution in [2.45, 2.75) is 33.6 Å². The van der Waals surface area contributed by atoms with Crippen LogP contribution in [-0.2, 0) is 31.9 Å². The summed E-state index contributed by atoms with van der Waals surface area (Å²) in [7, 11) is 0. The number of nitrogens with zero attached hydrogens (tertiary/aromatic N) is 2. The van der Waals surface area contributed by atoms with E-state index in [0.29, 0.717) is 6.42 Å². The van der Waals surface area contributed by atoms with Crippen molar-refractivity contribution in [3.8, 4) is 0 Å². The van der Waals surface area contributed by atoms with Crippen molar-refractivity contribution in [2.24, 2.45) is 11.0 Å². The van der Waals surface area contributed by atoms with Gasteiger partial charge < -0.3 is 9.47 Å². The number of hydrogen-bond acceptors (Lipinski definition) is 5. The van der Waals surface area contributed by atoms with Gasteiger partial charge >= 0.3 is 11.9 Å². The lowest BCUT2D eigenvalue weighted by Crippen LogP contribution is -2.29. The van der Waals surface area contributed by atoms with E-state index in [0.717, 1.165) is 17.7 Å². The minimum absolute atomic E-state index is 0.186. The van der Waals surface area contributed by atoms with Crippen LogP contribution in [0.1, 0.15) is 37.6 Å². The van der Waals surface area contributed by atoms with Crippen LogP contribution in [0.5, 0.6) is 0 Å². The average molecular weight is 370 g/mol. The van der Waals surface area contributed by atoms with E-state index in [2.05, 4.69) is 24.2 Å². The number of aryl methyl sites for hydroxylation is 1. The normalized spacial score (nSPS) is 11.1. The van der Waals surface area contributed by atoms with Crippen molar-refractivity contribution < 1.29 is 19.1 Å². The summed E-state index contributed by atoms with van der Waals surface area (Å²) < 4.78 is 11.6. The second-order valence-corrected chi connectivity index (χ2v) is 5.89. The van der Waals surface area contributed by atoms with Gasteiger partial charge in [0.2, 0.25) is 0 Å². The first kappa shape index (κ1) is 20.4. The second-order valence-electron chi connectivity index (χ2n) is 5.89. The fourth-order valence-electron chi connectivity index (χ4n) is 2.73. The Morgan fingerprint density at radius 3 is 2.22 bits per heavy atom. The zero-order valence-corrected chi connectivity index (χ0v) is 16.1. The molecule has 0 saturated carbocycles. The predicted octanol–water partition coefficient (Wildman–Crippen LogP) is 3.22. The fraction of sp³-hybridized carbons (Fsp3) is 0.381. The van der Waals surface area contributed by atoms with Crippen LogP contribution in [-0.4, -0.2) is 36.0 Å². The maximum Gasteiger partial charge on any atom is 0.325 e. The Morgan fingerprint density at radius 2 is 1.67 bits per heavy atom. The van der Waals surface area contributed by atoms with Crippen molar-refractivity contribution in [3.63, 3.8) is 0 Å². The quantitative estimate of drug-likeness (QED) is 0.386. The number of benzene rings is 1. The molecule has 0 radical (unpaired) electrons. The number of rotatable bonds is 9. The average Bonchev–Trinajstić information content (AvgIpc) is 3.05. The highest BCUT2D eigenvalue weighted by Crippen LogP contribution is 2.17. The second kappa shape index (κ2) is 10.3. The topological polar surface area (TPSA) is 69.9 Å². The van der Waals surface area contributed by atoms with Crippen LogP contribution in [0, 0.1) is 5.92 Å². The summed E-state index contributed by atoms with van der Waals surface area (Å²) in [6.45, 7) is 5.83. The molecule has 27 heavy (non-hydrogen) atoms. The molecule has 1 aromatic carbocycles. The van der Waals surface area contributed by atoms with E-state index in [1.807, 2.05) is 30.5 Å². The van der Waals surface area contributed by atoms with E-state index in [9.17, 15) is 9.59 Å². The molecule has 0 bridgehead atoms. The Balaban J connectivity index is 2.29. The third kappa shape index (κ3) is 5.54. The Kier molecular flexibility index (Phi) is 7.79. The zero-order valence-electron chi connectivity index (χ0n) is 16.1. The molecule has 0 unspecified atom stereocenters. The van der Waals surface area contributed by atoms with Gasteiger partial charge in [0.25, 0.3) is 0 Å². The molecule has 0 atom stereocenters. The van der Waals surface area contributed by atoms with Crippen LogP contribution in [0.25, 0.3) is 0 Å². The summed E-state index contributed by atoms with van der Waals surface area (Å²) in [5.74, 6) is -2.50. The van der Waals surface area contributed by atoms with Crippen molar-refractivity contribution in [1.82, 2.24) is 4.68 Å². The monoisotopic (exact) mass is 370 g/mol. The summed E-state index contributed by atoms with van der Waals surface area (Å²) in [6, 6.07) is 12.1. The van der Waals surface area contributed by atoms with Gasteiger partial charge in [0.1, 0.15) is 0 Å². The summed E-state index contributed by atoms with van der Waals surface area (Å²) in [5, 5.41) is 4.37. The SMILES string of the molecule is CCOC(=O)C(C=Nn1ccc(CC)c1Cc1ccccc1)C(=O)OCC. The molecule has 6 heteroatoms. The molecule has 0 aliphatic rings. The van der Waals surface area contributed by atoms with Gasteiger partial charge in [-0.15, -0.1) is 0 Å². The first-order valence-electron chi connectivity index (χ1n) is 9.21. The summed E-state index contributed by atoms with van der Waals surface area (Å²) in [4.78, 5) is 24.2. The lowest BCUT2D eigenvalue weighted by molar-refractivity contribution is -0.157. The fourth-order valence-corrected chi connectivity index (χ4v) is 2.73. The van der Waals surface area contributed by atoms with Gasteiger partial charge in [-0.05, 0) is 37.5 Å². The van der Waals surface area contributed by atoms with Gasteiger partial charge in [-0.1, -0.05) is 37.3 Å². The lowest BCUT2D eigenvalue weighted by Gasteiger charge is -2.11. The van der Waals surface area contributed by atoms with Gasteiger partial charge in [-0.2, -0.15) is 5.10 Å². The van der Waals surface area contributed by atoms with Crippen molar-refractivity contribution in [1.29, 1.82) is 0 Å². The van der Waals surface area contributed by atoms with Gasteiger partial charge in [0.05, 0.1) is 19.4 Å². The summed E-state index contributed by atoms with van der Waals surface area (Å²) >= 11 is 0. The third-order valence-corrected chi connectivity index (χ3v) is 4.08. The smallest absolute Gasteiger partial charge is 0.325 e. The van der Waals surface area contributed by atoms with Crippen LogP contribution >= 0.6 is 0 Å². The highest BCUT2D eigenvalue weighted by Gasteiger charge is 2.28. The van der Waals surface area contributed by atoms with Crippen molar-refractivity contribution in [2.75, 3.05) is 13.2 Å². The largest absolute Gasteiger partial charge is 0.465 e. The highest BCUT2D eigenvalue weighted by atomic mass is 16.6. The molecule has 0 fully saturated rings. The molecule has 0 N–H and O–H groups in total. The third-order valence-electron chi connectivity index (χ3n) is 4.08. The summed E-state index contributed by atoms with van der Waals surface area (Å²) in [6.07, 6.45) is 4.70. The maximum atomic E-state index is 12.1. The Morgan fingerprint density at radius 1 is 1.04 bits per heavy atom. The van der Waals surface area contributed by atoms with E-state index >= 15 is 0 Å². The molecule has 2 rings (SSSR count). The van der Waals surface area contributed by atoms with Crippen LogP contribution < -0.4 is 0 Å². The molecule has 0 saturated heterocycles. The summed E-state index contributed by atoms with van der Waals surface area (Å²) in [5.41, 5.74) is 3.35. The number of carbonyl (C=O) groups excluding carboxylic acids is 2. The molecule has 0 aliphatic heterocycles. The van der Waals surface area contributed by atoms with Crippen LogP contribution in [0.2, 0.25) is 0 Å². The zero-order chi connectivity index (χ0) is 19.6. The molecule has 6 nitrogen and oxygen atoms in total. The Bertz CT molecular complexity index is 763. The molecule has 0 aliphatic carbocycles. The molecule has 0 amide bonds. The predicted molar refractivity (Wildman–Crippen MR) is 104 cm³/mol. The van der Waals surface area contributed by atoms with E-state index in [4.69, 9.17) is 9.47 Å². The minimum atomic E-state index is -1.18. The first-order valence-corrected chi connectivity index (χ1v) is 9.21. The molecule has 0 spiro atoms. The number of esters is 2. The number of ether oxygens (including phenoxy) is 2. The Hall–Kier alpha value is -2.89. The maximum absolute atomic E-state index is 12.1. The van der Waals surface area contributed by atoms with E-state index in [-0.39, 0.29) is 13.2 Å². The molecule has 1 heterocycles. The number of carbonyl (C=O) groups is 2. The van der Waals surface area contributed by atoms with Gasteiger partial charge in [0, 0.05) is 18.3 Å². The number of aromatic nitrogens is 1. The highest BCUT2D eigenvalue weighted by molar-refractivity contribution is 6.09. The van der Waals surface area contributed by atoms with Crippen molar-refractivity contribution in [3.05, 3.63) is 59.4 Å². The van der Waals surface area contributed by atoms with E-state index in [1.165, 1.54) is 11.8 Å². The minimum Gasteiger partial charge on any atom is -0.465 e. The Labute approximate surface area is 159 Å². The molecule has 2 aromatic rings. The van der Waals surface area contributed by atoms with Crippen LogP contribution in [0.3, 0.4) is 0 Å². The van der Waals surface area contributed by atoms with Crippen molar-refractivity contribution >= 4 is 18.2 Å². The lowest BCUT2D eigenvalue weighted by atomic mass is 10.1. The van der Waals surface area contributed by atoms with Crippen LogP contribution in [0.15, 0.2) is 47.7 Å². The van der Waals surface area contributed by atoms with E-state index in [1.54, 1.807) is 18.5 Å². The van der Waals surface area contributed by atoms with Gasteiger partial charge in [-0.3, -0.25) is 9.59 Å². The molecule has 144 valence electrons. The number of hydrogen-bond donors (Lipinski definition) is 0. The van der Waals surface area contributed by atoms with Gasteiger partial charge in [-0.25, -0.2) is 4.68 Å². The van der Waals surface area contributed by atoms with Crippen LogP contribution in [0.4, 0.5) is 0 Å².